The first-order valence-corrected chi connectivity index (χ1v) is 7.70. The molecule has 1 saturated heterocycles. The summed E-state index contributed by atoms with van der Waals surface area (Å²) in [4.78, 5) is 26.6. The van der Waals surface area contributed by atoms with Gasteiger partial charge in [0, 0.05) is 32.2 Å². The molecule has 10 heteroatoms. The number of carbonyl (C=O) groups excluding carboxylic acids is 1. The Morgan fingerprint density at radius 2 is 1.92 bits per heavy atom. The molecule has 138 valence electrons. The summed E-state index contributed by atoms with van der Waals surface area (Å²) in [6.45, 7) is 1.84. The lowest BCUT2D eigenvalue weighted by atomic mass is 10.1. The molecule has 25 heavy (non-hydrogen) atoms. The van der Waals surface area contributed by atoms with Crippen LogP contribution in [0.4, 0.5) is 14.5 Å². The number of hydrogen-bond acceptors (Lipinski definition) is 6. The normalized spacial score (nSPS) is 15.3. The summed E-state index contributed by atoms with van der Waals surface area (Å²) in [5, 5.41) is 11.1. The van der Waals surface area contributed by atoms with Crippen LogP contribution in [0.3, 0.4) is 0 Å². The fraction of sp³-hybridized carbons (Fsp3) is 0.533. The van der Waals surface area contributed by atoms with Gasteiger partial charge in [-0.25, -0.2) is 0 Å². The Balaban J connectivity index is 2.37. The van der Waals surface area contributed by atoms with Gasteiger partial charge in [-0.2, -0.15) is 8.78 Å². The highest BCUT2D eigenvalue weighted by atomic mass is 19.3. The van der Waals surface area contributed by atoms with Gasteiger partial charge in [-0.1, -0.05) is 6.92 Å². The van der Waals surface area contributed by atoms with Crippen molar-refractivity contribution in [2.24, 2.45) is 0 Å². The smallest absolute Gasteiger partial charge is 0.387 e. The van der Waals surface area contributed by atoms with Gasteiger partial charge < -0.3 is 19.3 Å². The van der Waals surface area contributed by atoms with Crippen LogP contribution in [0.1, 0.15) is 17.3 Å². The molecule has 1 fully saturated rings. The largest absolute Gasteiger partial charge is 0.490 e. The number of amides is 1. The highest BCUT2D eigenvalue weighted by molar-refractivity contribution is 5.98. The Bertz CT molecular complexity index is 648. The van der Waals surface area contributed by atoms with Gasteiger partial charge >= 0.3 is 12.3 Å². The number of rotatable bonds is 6. The molecule has 1 aromatic rings. The SMILES string of the molecule is CCN1CCN(C(=O)c2cc(OC)c([N+](=O)[O-])cc2OC(F)F)CC1. The molecule has 0 spiro atoms. The summed E-state index contributed by atoms with van der Waals surface area (Å²) >= 11 is 0. The van der Waals surface area contributed by atoms with Crippen LogP contribution in [-0.4, -0.2) is 67.1 Å². The van der Waals surface area contributed by atoms with Gasteiger partial charge in [0.05, 0.1) is 23.7 Å². The Labute approximate surface area is 143 Å². The number of hydrogen-bond donors (Lipinski definition) is 0. The molecular weight excluding hydrogens is 340 g/mol. The van der Waals surface area contributed by atoms with Crippen LogP contribution < -0.4 is 9.47 Å². The van der Waals surface area contributed by atoms with Crippen molar-refractivity contribution in [3.63, 3.8) is 0 Å². The maximum atomic E-state index is 12.7. The molecule has 0 aliphatic carbocycles. The second kappa shape index (κ2) is 8.06. The summed E-state index contributed by atoms with van der Waals surface area (Å²) in [5.74, 6) is -1.26. The average molecular weight is 359 g/mol. The lowest BCUT2D eigenvalue weighted by Gasteiger charge is -2.34. The van der Waals surface area contributed by atoms with E-state index in [9.17, 15) is 23.7 Å². The Hall–Kier alpha value is -2.49. The van der Waals surface area contributed by atoms with E-state index in [1.54, 1.807) is 0 Å². The highest BCUT2D eigenvalue weighted by Gasteiger charge is 2.29. The van der Waals surface area contributed by atoms with E-state index in [1.807, 2.05) is 6.92 Å². The molecule has 2 rings (SSSR count). The molecular formula is C15H19F2N3O5. The molecule has 0 atom stereocenters. The Morgan fingerprint density at radius 3 is 2.40 bits per heavy atom. The monoisotopic (exact) mass is 359 g/mol. The number of alkyl halides is 2. The zero-order chi connectivity index (χ0) is 18.6. The van der Waals surface area contributed by atoms with E-state index >= 15 is 0 Å². The number of nitro benzene ring substituents is 1. The minimum Gasteiger partial charge on any atom is -0.490 e. The molecule has 1 aromatic carbocycles. The summed E-state index contributed by atoms with van der Waals surface area (Å²) in [6.07, 6.45) is 0. The number of benzene rings is 1. The van der Waals surface area contributed by atoms with Crippen LogP contribution >= 0.6 is 0 Å². The highest BCUT2D eigenvalue weighted by Crippen LogP contribution is 2.36. The molecule has 0 radical (unpaired) electrons. The van der Waals surface area contributed by atoms with E-state index in [4.69, 9.17) is 4.74 Å². The van der Waals surface area contributed by atoms with E-state index in [0.717, 1.165) is 18.7 Å². The minimum atomic E-state index is -3.21. The first-order valence-electron chi connectivity index (χ1n) is 7.70. The predicted molar refractivity (Wildman–Crippen MR) is 84.3 cm³/mol. The van der Waals surface area contributed by atoms with Gasteiger partial charge in [0.1, 0.15) is 5.75 Å². The molecule has 1 aliphatic heterocycles. The quantitative estimate of drug-likeness (QED) is 0.570. The van der Waals surface area contributed by atoms with E-state index in [-0.39, 0.29) is 11.3 Å². The number of nitro groups is 1. The molecule has 1 amide bonds. The van der Waals surface area contributed by atoms with Crippen molar-refractivity contribution in [1.29, 1.82) is 0 Å². The number of likely N-dealkylation sites (N-methyl/N-ethyl adjacent to an activating group) is 1. The minimum absolute atomic E-state index is 0.187. The van der Waals surface area contributed by atoms with Crippen molar-refractivity contribution in [2.75, 3.05) is 39.8 Å². The molecule has 0 bridgehead atoms. The van der Waals surface area contributed by atoms with Gasteiger partial charge in [-0.15, -0.1) is 0 Å². The molecule has 0 N–H and O–H groups in total. The third-order valence-corrected chi connectivity index (χ3v) is 4.03. The van der Waals surface area contributed by atoms with Crippen LogP contribution in [0.15, 0.2) is 12.1 Å². The third-order valence-electron chi connectivity index (χ3n) is 4.03. The molecule has 1 heterocycles. The number of halogens is 2. The van der Waals surface area contributed by atoms with Crippen LogP contribution in [0.25, 0.3) is 0 Å². The lowest BCUT2D eigenvalue weighted by Crippen LogP contribution is -2.48. The topological polar surface area (TPSA) is 85.2 Å². The van der Waals surface area contributed by atoms with E-state index in [1.165, 1.54) is 12.0 Å². The third kappa shape index (κ3) is 4.32. The summed E-state index contributed by atoms with van der Waals surface area (Å²) in [6, 6.07) is 1.87. The first kappa shape index (κ1) is 18.8. The van der Waals surface area contributed by atoms with Crippen molar-refractivity contribution < 1.29 is 28.0 Å². The summed E-state index contributed by atoms with van der Waals surface area (Å²) in [5.41, 5.74) is -0.738. The standard InChI is InChI=1S/C15H19F2N3O5/c1-3-18-4-6-19(7-5-18)14(21)10-8-13(24-2)11(20(22)23)9-12(10)25-15(16)17/h8-9,15H,3-7H2,1-2H3. The van der Waals surface area contributed by atoms with Crippen LogP contribution in [-0.2, 0) is 0 Å². The Morgan fingerprint density at radius 1 is 1.28 bits per heavy atom. The van der Waals surface area contributed by atoms with E-state index in [2.05, 4.69) is 9.64 Å². The molecule has 1 aliphatic rings. The number of carbonyl (C=O) groups is 1. The van der Waals surface area contributed by atoms with Crippen LogP contribution in [0, 0.1) is 10.1 Å². The average Bonchev–Trinajstić information content (AvgIpc) is 2.60. The van der Waals surface area contributed by atoms with Crippen molar-refractivity contribution in [1.82, 2.24) is 9.80 Å². The van der Waals surface area contributed by atoms with Gasteiger partial charge in [0.15, 0.2) is 5.75 Å². The predicted octanol–water partition coefficient (Wildman–Crippen LogP) is 1.98. The zero-order valence-electron chi connectivity index (χ0n) is 13.9. The van der Waals surface area contributed by atoms with Gasteiger partial charge in [0.25, 0.3) is 5.91 Å². The molecule has 0 aromatic heterocycles. The molecule has 8 nitrogen and oxygen atoms in total. The van der Waals surface area contributed by atoms with Crippen molar-refractivity contribution in [3.05, 3.63) is 27.8 Å². The van der Waals surface area contributed by atoms with Gasteiger partial charge in [-0.3, -0.25) is 14.9 Å². The first-order chi connectivity index (χ1) is 11.9. The second-order valence-electron chi connectivity index (χ2n) is 5.38. The maximum Gasteiger partial charge on any atom is 0.387 e. The van der Waals surface area contributed by atoms with Gasteiger partial charge in [0.2, 0.25) is 0 Å². The van der Waals surface area contributed by atoms with Crippen molar-refractivity contribution in [3.8, 4) is 11.5 Å². The van der Waals surface area contributed by atoms with Crippen LogP contribution in [0.5, 0.6) is 11.5 Å². The van der Waals surface area contributed by atoms with Crippen molar-refractivity contribution in [2.45, 2.75) is 13.5 Å². The molecule has 0 saturated carbocycles. The van der Waals surface area contributed by atoms with Crippen LogP contribution in [0.2, 0.25) is 0 Å². The number of nitrogens with zero attached hydrogens (tertiary/aromatic N) is 3. The number of piperazine rings is 1. The summed E-state index contributed by atoms with van der Waals surface area (Å²) < 4.78 is 34.6. The van der Waals surface area contributed by atoms with E-state index in [0.29, 0.717) is 26.2 Å². The maximum absolute atomic E-state index is 12.7. The summed E-state index contributed by atoms with van der Waals surface area (Å²) in [7, 11) is 1.20. The van der Waals surface area contributed by atoms with E-state index < -0.39 is 28.9 Å². The number of methoxy groups -OCH3 is 1. The Kier molecular flexibility index (Phi) is 6.07. The van der Waals surface area contributed by atoms with Crippen molar-refractivity contribution >= 4 is 11.6 Å². The molecule has 0 unspecified atom stereocenters. The fourth-order valence-electron chi connectivity index (χ4n) is 2.65. The fourth-order valence-corrected chi connectivity index (χ4v) is 2.65. The second-order valence-corrected chi connectivity index (χ2v) is 5.38. The zero-order valence-corrected chi connectivity index (χ0v) is 13.9. The number of ether oxygens (including phenoxy) is 2. The lowest BCUT2D eigenvalue weighted by molar-refractivity contribution is -0.385. The van der Waals surface area contributed by atoms with Gasteiger partial charge in [-0.05, 0) is 6.54 Å².